The first-order chi connectivity index (χ1) is 16.3. The van der Waals surface area contributed by atoms with E-state index in [0.717, 1.165) is 28.0 Å². The molecule has 0 N–H and O–H groups in total. The Morgan fingerprint density at radius 3 is 2.70 bits per heavy atom. The van der Waals surface area contributed by atoms with Crippen LogP contribution in [0.2, 0.25) is 0 Å². The second kappa shape index (κ2) is 8.07. The molecule has 8 nitrogen and oxygen atoms in total. The molecule has 0 aliphatic carbocycles. The van der Waals surface area contributed by atoms with Gasteiger partial charge in [0.25, 0.3) is 5.91 Å². The van der Waals surface area contributed by atoms with Gasteiger partial charge in [-0.2, -0.15) is 0 Å². The molecular weight excluding hydrogens is 416 g/mol. The molecule has 1 atom stereocenters. The van der Waals surface area contributed by atoms with Gasteiger partial charge in [0.15, 0.2) is 0 Å². The number of rotatable bonds is 3. The highest BCUT2D eigenvalue weighted by Gasteiger charge is 2.25. The van der Waals surface area contributed by atoms with E-state index in [9.17, 15) is 4.79 Å². The second-order valence-electron chi connectivity index (χ2n) is 7.96. The quantitative estimate of drug-likeness (QED) is 0.488. The van der Waals surface area contributed by atoms with E-state index < -0.39 is 0 Å². The summed E-state index contributed by atoms with van der Waals surface area (Å²) in [6.45, 7) is 1.22. The van der Waals surface area contributed by atoms with Gasteiger partial charge in [0.05, 0.1) is 23.7 Å². The molecule has 2 aromatic heterocycles. The lowest BCUT2D eigenvalue weighted by atomic mass is 10.1. The van der Waals surface area contributed by atoms with Crippen molar-refractivity contribution in [2.75, 3.05) is 18.1 Å². The number of amides is 1. The Hall–Kier alpha value is -4.17. The third-order valence-electron chi connectivity index (χ3n) is 5.87. The molecule has 0 saturated heterocycles. The Morgan fingerprint density at radius 2 is 1.85 bits per heavy atom. The van der Waals surface area contributed by atoms with Crippen molar-refractivity contribution < 1.29 is 9.53 Å². The minimum absolute atomic E-state index is 0.0726. The van der Waals surface area contributed by atoms with E-state index in [1.807, 2.05) is 30.3 Å². The summed E-state index contributed by atoms with van der Waals surface area (Å²) in [7, 11) is 0. The lowest BCUT2D eigenvalue weighted by molar-refractivity contribution is -0.116. The number of hydrogen-bond donors (Lipinski definition) is 0. The average Bonchev–Trinajstić information content (AvgIpc) is 3.10. The molecule has 0 saturated carbocycles. The van der Waals surface area contributed by atoms with Crippen molar-refractivity contribution in [1.82, 2.24) is 19.5 Å². The van der Waals surface area contributed by atoms with Crippen LogP contribution in [0, 0.1) is 0 Å². The summed E-state index contributed by atoms with van der Waals surface area (Å²) in [6, 6.07) is 16.6. The molecule has 8 heteroatoms. The maximum Gasteiger partial charge on any atom is 0.265 e. The molecular formula is C25H20N6O2. The molecule has 1 amide bonds. The monoisotopic (exact) mass is 436 g/mol. The Bertz CT molecular complexity index is 1390. The second-order valence-corrected chi connectivity index (χ2v) is 7.96. The van der Waals surface area contributed by atoms with Gasteiger partial charge in [-0.1, -0.05) is 36.4 Å². The fraction of sp³-hybridized carbons (Fsp3) is 0.160. The van der Waals surface area contributed by atoms with Gasteiger partial charge >= 0.3 is 0 Å². The molecule has 0 bridgehead atoms. The highest BCUT2D eigenvalue weighted by Crippen LogP contribution is 2.32. The Kier molecular flexibility index (Phi) is 4.77. The molecule has 6 rings (SSSR count). The third-order valence-corrected chi connectivity index (χ3v) is 5.87. The number of nitrogens with zero attached hydrogens (tertiary/aromatic N) is 6. The molecule has 0 unspecified atom stereocenters. The van der Waals surface area contributed by atoms with Gasteiger partial charge in [0.1, 0.15) is 19.0 Å². The zero-order valence-corrected chi connectivity index (χ0v) is 17.7. The van der Waals surface area contributed by atoms with E-state index >= 15 is 0 Å². The van der Waals surface area contributed by atoms with Crippen LogP contribution in [-0.2, 0) is 16.1 Å². The molecule has 33 heavy (non-hydrogen) atoms. The SMILES string of the molecule is O=C1CN(c2ncc(-c3ccc4nc5n(c4c3)[C@@H](c3ccccc3)COC5)cn2)C=CC=N1. The molecule has 2 aromatic carbocycles. The number of carbonyl (C=O) groups is 1. The van der Waals surface area contributed by atoms with E-state index in [-0.39, 0.29) is 18.5 Å². The van der Waals surface area contributed by atoms with E-state index in [0.29, 0.717) is 19.2 Å². The minimum Gasteiger partial charge on any atom is -0.371 e. The minimum atomic E-state index is -0.236. The van der Waals surface area contributed by atoms with Crippen LogP contribution in [0.25, 0.3) is 22.2 Å². The number of benzene rings is 2. The number of fused-ring (bicyclic) bond motifs is 3. The third kappa shape index (κ3) is 3.60. The first-order valence-corrected chi connectivity index (χ1v) is 10.7. The van der Waals surface area contributed by atoms with Gasteiger partial charge in [-0.05, 0) is 29.3 Å². The van der Waals surface area contributed by atoms with Crippen LogP contribution in [0.15, 0.2) is 78.2 Å². The molecule has 0 fully saturated rings. The summed E-state index contributed by atoms with van der Waals surface area (Å²) in [5.74, 6) is 1.15. The van der Waals surface area contributed by atoms with Crippen LogP contribution in [0.1, 0.15) is 17.4 Å². The summed E-state index contributed by atoms with van der Waals surface area (Å²) >= 11 is 0. The van der Waals surface area contributed by atoms with E-state index in [2.05, 4.69) is 37.7 Å². The van der Waals surface area contributed by atoms with Crippen LogP contribution >= 0.6 is 0 Å². The summed E-state index contributed by atoms with van der Waals surface area (Å²) in [5.41, 5.74) is 5.08. The van der Waals surface area contributed by atoms with Crippen molar-refractivity contribution in [3.8, 4) is 11.1 Å². The summed E-state index contributed by atoms with van der Waals surface area (Å²) in [6.07, 6.45) is 8.48. The van der Waals surface area contributed by atoms with Gasteiger partial charge in [-0.25, -0.2) is 19.9 Å². The highest BCUT2D eigenvalue weighted by atomic mass is 16.5. The largest absolute Gasteiger partial charge is 0.371 e. The zero-order valence-electron chi connectivity index (χ0n) is 17.7. The van der Waals surface area contributed by atoms with Gasteiger partial charge in [-0.3, -0.25) is 4.79 Å². The lowest BCUT2D eigenvalue weighted by Gasteiger charge is -2.26. The molecule has 0 spiro atoms. The molecule has 4 heterocycles. The van der Waals surface area contributed by atoms with Gasteiger partial charge in [-0.15, -0.1) is 0 Å². The lowest BCUT2D eigenvalue weighted by Crippen LogP contribution is -2.24. The molecule has 0 radical (unpaired) electrons. The number of ether oxygens (including phenoxy) is 1. The maximum absolute atomic E-state index is 11.7. The fourth-order valence-corrected chi connectivity index (χ4v) is 4.29. The summed E-state index contributed by atoms with van der Waals surface area (Å²) in [4.78, 5) is 31.0. The van der Waals surface area contributed by atoms with Crippen molar-refractivity contribution in [3.05, 3.63) is 84.6 Å². The predicted molar refractivity (Wildman–Crippen MR) is 125 cm³/mol. The van der Waals surface area contributed by atoms with Crippen LogP contribution in [0.5, 0.6) is 0 Å². The number of allylic oxidation sites excluding steroid dienone is 1. The molecule has 2 aliphatic rings. The van der Waals surface area contributed by atoms with Crippen LogP contribution in [0.4, 0.5) is 5.95 Å². The summed E-state index contributed by atoms with van der Waals surface area (Å²) < 4.78 is 8.13. The first-order valence-electron chi connectivity index (χ1n) is 10.7. The number of hydrogen-bond acceptors (Lipinski definition) is 6. The normalized spacial score (nSPS) is 17.9. The van der Waals surface area contributed by atoms with Crippen molar-refractivity contribution >= 4 is 29.1 Å². The van der Waals surface area contributed by atoms with Crippen molar-refractivity contribution in [2.45, 2.75) is 12.6 Å². The standard InChI is InChI=1S/C25H20N6O2/c32-24-14-30(10-4-9-26-24)25-27-12-19(13-28-25)18-7-8-20-21(11-18)31-22(15-33-16-23(31)29-20)17-5-2-1-3-6-17/h1-13,22H,14-16H2/t22-/m1/s1. The smallest absolute Gasteiger partial charge is 0.265 e. The average molecular weight is 436 g/mol. The van der Waals surface area contributed by atoms with Gasteiger partial charge in [0.2, 0.25) is 5.95 Å². The fourth-order valence-electron chi connectivity index (χ4n) is 4.29. The number of anilines is 1. The van der Waals surface area contributed by atoms with Crippen LogP contribution in [-0.4, -0.2) is 44.8 Å². The molecule has 162 valence electrons. The van der Waals surface area contributed by atoms with E-state index in [4.69, 9.17) is 9.72 Å². The zero-order chi connectivity index (χ0) is 22.2. The predicted octanol–water partition coefficient (Wildman–Crippen LogP) is 3.54. The summed E-state index contributed by atoms with van der Waals surface area (Å²) in [5, 5.41) is 0. The number of carbonyl (C=O) groups excluding carboxylic acids is 1. The first kappa shape index (κ1) is 19.5. The van der Waals surface area contributed by atoms with Crippen molar-refractivity contribution in [2.24, 2.45) is 4.99 Å². The van der Waals surface area contributed by atoms with E-state index in [1.54, 1.807) is 29.6 Å². The van der Waals surface area contributed by atoms with Crippen LogP contribution in [0.3, 0.4) is 0 Å². The molecule has 2 aliphatic heterocycles. The topological polar surface area (TPSA) is 85.5 Å². The van der Waals surface area contributed by atoms with Gasteiger partial charge < -0.3 is 14.2 Å². The van der Waals surface area contributed by atoms with Crippen LogP contribution < -0.4 is 4.90 Å². The van der Waals surface area contributed by atoms with Gasteiger partial charge in [0, 0.05) is 30.4 Å². The van der Waals surface area contributed by atoms with Crippen molar-refractivity contribution in [1.29, 1.82) is 0 Å². The highest BCUT2D eigenvalue weighted by molar-refractivity contribution is 5.93. The maximum atomic E-state index is 11.7. The number of aromatic nitrogens is 4. The molecule has 4 aromatic rings. The Morgan fingerprint density at radius 1 is 1.00 bits per heavy atom. The van der Waals surface area contributed by atoms with Crippen molar-refractivity contribution in [3.63, 3.8) is 0 Å². The van der Waals surface area contributed by atoms with E-state index in [1.165, 1.54) is 11.8 Å². The number of imidazole rings is 1. The Balaban J connectivity index is 1.37. The Labute approximate surface area is 189 Å². The number of aliphatic imine (C=N–C) groups is 1.